The number of aliphatic hydroxyl groups excluding tert-OH is 13. The molecule has 0 unspecified atom stereocenters. The average Bonchev–Trinajstić information content (AvgIpc) is 3.24. The van der Waals surface area contributed by atoms with Crippen LogP contribution in [0.4, 0.5) is 0 Å². The van der Waals surface area contributed by atoms with Gasteiger partial charge in [0, 0.05) is 33.8 Å². The smallest absolute Gasteiger partial charge is 0.364 e. The molecule has 2 amide bonds. The van der Waals surface area contributed by atoms with E-state index in [9.17, 15) is 95.8 Å². The summed E-state index contributed by atoms with van der Waals surface area (Å²) in [6.45, 7) is -2.19. The second-order valence-electron chi connectivity index (χ2n) is 15.7. The maximum Gasteiger partial charge on any atom is 0.364 e. The van der Waals surface area contributed by atoms with Crippen molar-refractivity contribution < 1.29 is 134 Å². The van der Waals surface area contributed by atoms with Crippen LogP contribution in [-0.4, -0.2) is 268 Å². The van der Waals surface area contributed by atoms with E-state index in [-0.39, 0.29) is 0 Å². The molecule has 64 heavy (non-hydrogen) atoms. The van der Waals surface area contributed by atoms with Crippen LogP contribution < -0.4 is 10.6 Å². The Morgan fingerprint density at radius 3 is 1.39 bits per heavy atom. The minimum atomic E-state index is -3.12. The molecule has 29 heteroatoms. The first-order valence-electron chi connectivity index (χ1n) is 19.7. The number of carboxylic acid groups (broad SMARTS) is 2. The zero-order valence-corrected chi connectivity index (χ0v) is 34.4. The molecule has 4 saturated heterocycles. The summed E-state index contributed by atoms with van der Waals surface area (Å²) in [6, 6.07) is -3.22. The number of aliphatic hydroxyl groups is 13. The molecule has 0 radical (unpaired) electrons. The number of carbonyl (C=O) groups excluding carboxylic acids is 2. The Bertz CT molecular complexity index is 1470. The zero-order chi connectivity index (χ0) is 48.2. The number of aliphatic carboxylic acids is 2. The highest BCUT2D eigenvalue weighted by Crippen LogP contribution is 2.40. The number of carbonyl (C=O) groups is 4. The number of carboxylic acids is 2. The van der Waals surface area contributed by atoms with Crippen LogP contribution in [0.1, 0.15) is 26.7 Å². The standard InChI is InChI=1S/C35H58N2O27/c1-10(41)36-18-12(43)4-34(32(53)54,61-26(18)20(47)14(45)6-38)63-28-22(49)16(8-40)59-31(25(28)52)58-9-17-23(50)29(24(51)30(57-3)60-17)64-35(33(55)56)5-13(44)19(37-11(2)42)27(62-35)21(48)15(46)7-39/h12-31,38-40,43-52H,4-9H2,1-3H3,(H,36,41)(H,37,42)(H,53,54)(H,55,56)/t12-,13-,14+,15+,16+,17+,18+,19+,20+,21+,22-,23-,24+,25+,26+,27+,28-,29-,30+,31+,34-,35-/m0/s1. The van der Waals surface area contributed by atoms with Gasteiger partial charge in [-0.25, -0.2) is 9.59 Å². The second kappa shape index (κ2) is 22.2. The molecule has 22 atom stereocenters. The van der Waals surface area contributed by atoms with Crippen molar-refractivity contribution in [3.63, 3.8) is 0 Å². The van der Waals surface area contributed by atoms with Crippen molar-refractivity contribution in [2.75, 3.05) is 33.5 Å². The fraction of sp³-hybridized carbons (Fsp3) is 0.886. The van der Waals surface area contributed by atoms with Crippen molar-refractivity contribution in [3.05, 3.63) is 0 Å². The largest absolute Gasteiger partial charge is 0.477 e. The Labute approximate surface area is 362 Å². The Balaban J connectivity index is 1.61. The molecule has 0 saturated carbocycles. The molecule has 4 fully saturated rings. The first-order valence-corrected chi connectivity index (χ1v) is 19.7. The molecule has 4 heterocycles. The number of ether oxygens (including phenoxy) is 8. The Kier molecular flexibility index (Phi) is 18.6. The molecule has 0 bridgehead atoms. The van der Waals surface area contributed by atoms with E-state index in [2.05, 4.69) is 10.6 Å². The van der Waals surface area contributed by atoms with Gasteiger partial charge in [-0.1, -0.05) is 0 Å². The predicted octanol–water partition coefficient (Wildman–Crippen LogP) is -10.4. The third-order valence-corrected chi connectivity index (χ3v) is 11.1. The van der Waals surface area contributed by atoms with E-state index in [1.165, 1.54) is 0 Å². The molecule has 0 spiro atoms. The van der Waals surface area contributed by atoms with E-state index < -0.39 is 197 Å². The van der Waals surface area contributed by atoms with Gasteiger partial charge in [-0.3, -0.25) is 9.59 Å². The Morgan fingerprint density at radius 1 is 0.641 bits per heavy atom. The van der Waals surface area contributed by atoms with Crippen molar-refractivity contribution in [1.82, 2.24) is 10.6 Å². The number of hydrogen-bond donors (Lipinski definition) is 17. The van der Waals surface area contributed by atoms with Crippen molar-refractivity contribution in [2.24, 2.45) is 0 Å². The maximum absolute atomic E-state index is 12.8. The van der Waals surface area contributed by atoms with Crippen LogP contribution in [-0.2, 0) is 57.1 Å². The van der Waals surface area contributed by atoms with Crippen LogP contribution >= 0.6 is 0 Å². The lowest BCUT2D eigenvalue weighted by molar-refractivity contribution is -0.381. The molecule has 17 N–H and O–H groups in total. The van der Waals surface area contributed by atoms with Crippen LogP contribution in [0.15, 0.2) is 0 Å². The molecule has 4 rings (SSSR count). The fourth-order valence-electron chi connectivity index (χ4n) is 7.83. The van der Waals surface area contributed by atoms with Crippen molar-refractivity contribution in [2.45, 2.75) is 161 Å². The molecule has 0 aliphatic carbocycles. The normalized spacial score (nSPS) is 42.4. The van der Waals surface area contributed by atoms with Gasteiger partial charge in [0.2, 0.25) is 11.8 Å². The topological polar surface area (TPSA) is 470 Å². The summed E-state index contributed by atoms with van der Waals surface area (Å²) < 4.78 is 44.3. The molecule has 4 aliphatic rings. The van der Waals surface area contributed by atoms with Crippen LogP contribution in [0, 0.1) is 0 Å². The first-order chi connectivity index (χ1) is 29.9. The van der Waals surface area contributed by atoms with E-state index >= 15 is 0 Å². The van der Waals surface area contributed by atoms with Gasteiger partial charge in [-0.05, 0) is 0 Å². The van der Waals surface area contributed by atoms with Gasteiger partial charge in [0.05, 0.1) is 50.7 Å². The fourth-order valence-corrected chi connectivity index (χ4v) is 7.83. The minimum absolute atomic E-state index is 0.791. The van der Waals surface area contributed by atoms with E-state index in [0.29, 0.717) is 0 Å². The molecular formula is C35H58N2O27. The second-order valence-corrected chi connectivity index (χ2v) is 15.7. The quantitative estimate of drug-likeness (QED) is 0.0572. The van der Waals surface area contributed by atoms with Crippen molar-refractivity contribution in [3.8, 4) is 0 Å². The SMILES string of the molecule is CO[C@@H]1O[C@H](CO[C@@H]2O[C@H](CO)[C@H](O)[C@H](O[C@]3(C(=O)O)C[C@H](O)[C@@H](NC(C)=O)[C@H]([C@H](O)[C@H](O)CO)O3)[C@H]2O)[C@H](O)[C@H](O[C@]2(C(=O)O)C[C@H](O)[C@@H](NC(C)=O)[C@H]([C@H](O)[C@H](O)CO)O2)[C@H]1O. The molecule has 4 aliphatic heterocycles. The van der Waals surface area contributed by atoms with E-state index in [0.717, 1.165) is 21.0 Å². The highest BCUT2D eigenvalue weighted by atomic mass is 16.8. The summed E-state index contributed by atoms with van der Waals surface area (Å²) in [5, 5.41) is 163. The number of amides is 2. The third kappa shape index (κ3) is 11.4. The monoisotopic (exact) mass is 938 g/mol. The minimum Gasteiger partial charge on any atom is -0.477 e. The van der Waals surface area contributed by atoms with E-state index in [1.54, 1.807) is 0 Å². The van der Waals surface area contributed by atoms with Crippen molar-refractivity contribution in [1.29, 1.82) is 0 Å². The van der Waals surface area contributed by atoms with Gasteiger partial charge in [-0.15, -0.1) is 0 Å². The first kappa shape index (κ1) is 53.7. The Hall–Kier alpha value is -2.96. The third-order valence-electron chi connectivity index (χ3n) is 11.1. The van der Waals surface area contributed by atoms with E-state index in [1.807, 2.05) is 0 Å². The molecule has 29 nitrogen and oxygen atoms in total. The van der Waals surface area contributed by atoms with E-state index in [4.69, 9.17) is 37.9 Å². The number of hydrogen-bond acceptors (Lipinski definition) is 25. The molecule has 0 aromatic rings. The predicted molar refractivity (Wildman–Crippen MR) is 196 cm³/mol. The van der Waals surface area contributed by atoms with Crippen molar-refractivity contribution >= 4 is 23.8 Å². The highest BCUT2D eigenvalue weighted by molar-refractivity contribution is 5.77. The summed E-state index contributed by atoms with van der Waals surface area (Å²) in [4.78, 5) is 49.5. The molecular weight excluding hydrogens is 880 g/mol. The molecule has 0 aromatic carbocycles. The lowest BCUT2D eigenvalue weighted by Gasteiger charge is -2.50. The van der Waals surface area contributed by atoms with Crippen LogP contribution in [0.3, 0.4) is 0 Å². The summed E-state index contributed by atoms with van der Waals surface area (Å²) in [7, 11) is 1.01. The van der Waals surface area contributed by atoms with Crippen LogP contribution in [0.2, 0.25) is 0 Å². The van der Waals surface area contributed by atoms with Gasteiger partial charge in [-0.2, -0.15) is 0 Å². The Morgan fingerprint density at radius 2 is 1.03 bits per heavy atom. The zero-order valence-electron chi connectivity index (χ0n) is 34.4. The van der Waals surface area contributed by atoms with Gasteiger partial charge < -0.3 is 125 Å². The number of methoxy groups -OCH3 is 1. The summed E-state index contributed by atoms with van der Waals surface area (Å²) in [6.07, 6.45) is -38.8. The summed E-state index contributed by atoms with van der Waals surface area (Å²) >= 11 is 0. The number of nitrogens with one attached hydrogen (secondary N) is 2. The lowest BCUT2D eigenvalue weighted by Crippen LogP contribution is -2.70. The van der Waals surface area contributed by atoms with Gasteiger partial charge in [0.25, 0.3) is 11.6 Å². The highest BCUT2D eigenvalue weighted by Gasteiger charge is 2.61. The summed E-state index contributed by atoms with van der Waals surface area (Å²) in [5.74, 6) is -11.9. The summed E-state index contributed by atoms with van der Waals surface area (Å²) in [5.41, 5.74) is 0. The van der Waals surface area contributed by atoms with Crippen LogP contribution in [0.5, 0.6) is 0 Å². The van der Waals surface area contributed by atoms with Gasteiger partial charge in [0.15, 0.2) is 12.6 Å². The van der Waals surface area contributed by atoms with Crippen LogP contribution in [0.25, 0.3) is 0 Å². The lowest BCUT2D eigenvalue weighted by atomic mass is 9.88. The average molecular weight is 939 g/mol. The van der Waals surface area contributed by atoms with Gasteiger partial charge in [0.1, 0.15) is 85.5 Å². The van der Waals surface area contributed by atoms with Gasteiger partial charge >= 0.3 is 11.9 Å². The maximum atomic E-state index is 12.8. The number of rotatable bonds is 19. The molecule has 0 aromatic heterocycles. The molecule has 370 valence electrons.